The Labute approximate surface area is 145 Å². The molecule has 0 amide bonds. The van der Waals surface area contributed by atoms with Crippen molar-refractivity contribution in [3.05, 3.63) is 39.4 Å². The Morgan fingerprint density at radius 3 is 2.70 bits per heavy atom. The Morgan fingerprint density at radius 1 is 1.30 bits per heavy atom. The van der Waals surface area contributed by atoms with Crippen molar-refractivity contribution in [3.8, 4) is 0 Å². The molecule has 0 aromatic carbocycles. The number of hydrogen-bond acceptors (Lipinski definition) is 6. The lowest BCUT2D eigenvalue weighted by atomic mass is 10.1. The molecule has 23 heavy (non-hydrogen) atoms. The molecule has 1 atom stereocenters. The van der Waals surface area contributed by atoms with Crippen LogP contribution in [0.15, 0.2) is 33.2 Å². The van der Waals surface area contributed by atoms with Crippen molar-refractivity contribution in [1.29, 1.82) is 0 Å². The molecule has 5 nitrogen and oxygen atoms in total. The second-order valence-electron chi connectivity index (χ2n) is 5.44. The van der Waals surface area contributed by atoms with Crippen molar-refractivity contribution in [3.63, 3.8) is 0 Å². The highest BCUT2D eigenvalue weighted by Gasteiger charge is 2.25. The first-order valence-electron chi connectivity index (χ1n) is 7.46. The summed E-state index contributed by atoms with van der Waals surface area (Å²) >= 11 is 2.93. The lowest BCUT2D eigenvalue weighted by Gasteiger charge is -2.34. The quantitative estimate of drug-likeness (QED) is 0.846. The fourth-order valence-corrected chi connectivity index (χ4v) is 5.70. The number of nitrogens with one attached hydrogen (secondary N) is 1. The average Bonchev–Trinajstić information content (AvgIpc) is 3.20. The molecular formula is C15H20N2O3S3. The summed E-state index contributed by atoms with van der Waals surface area (Å²) in [6.45, 7) is 5.30. The Bertz CT molecular complexity index is 719. The first-order valence-corrected chi connectivity index (χ1v) is 10.7. The van der Waals surface area contributed by atoms with Crippen molar-refractivity contribution in [2.45, 2.75) is 17.2 Å². The Hall–Kier alpha value is -0.770. The molecule has 0 radical (unpaired) electrons. The van der Waals surface area contributed by atoms with Gasteiger partial charge in [-0.05, 0) is 41.4 Å². The largest absolute Gasteiger partial charge is 0.379 e. The molecule has 0 aliphatic carbocycles. The van der Waals surface area contributed by atoms with Crippen molar-refractivity contribution < 1.29 is 13.2 Å². The van der Waals surface area contributed by atoms with E-state index in [1.165, 1.54) is 11.3 Å². The first kappa shape index (κ1) is 17.1. The van der Waals surface area contributed by atoms with Gasteiger partial charge in [0, 0.05) is 30.6 Å². The standard InChI is InChI=1S/C15H20N2O3S3/c1-12-2-3-15(22-12)23(18,19)16-10-14(13-4-9-21-11-13)17-5-7-20-8-6-17/h2-4,9,11,14,16H,5-8,10H2,1H3. The van der Waals surface area contributed by atoms with Crippen LogP contribution in [0.5, 0.6) is 0 Å². The predicted octanol–water partition coefficient (Wildman–Crippen LogP) is 2.47. The number of aryl methyl sites for hydroxylation is 1. The summed E-state index contributed by atoms with van der Waals surface area (Å²) in [6.07, 6.45) is 0. The van der Waals surface area contributed by atoms with Gasteiger partial charge in [0.1, 0.15) is 4.21 Å². The van der Waals surface area contributed by atoms with Gasteiger partial charge in [0.15, 0.2) is 0 Å². The molecule has 1 aliphatic rings. The lowest BCUT2D eigenvalue weighted by molar-refractivity contribution is 0.0173. The molecule has 1 unspecified atom stereocenters. The number of morpholine rings is 1. The second kappa shape index (κ2) is 7.42. The van der Waals surface area contributed by atoms with E-state index in [-0.39, 0.29) is 6.04 Å². The average molecular weight is 373 g/mol. The highest BCUT2D eigenvalue weighted by Crippen LogP contribution is 2.25. The molecule has 1 N–H and O–H groups in total. The summed E-state index contributed by atoms with van der Waals surface area (Å²) in [4.78, 5) is 3.28. The van der Waals surface area contributed by atoms with Crippen molar-refractivity contribution in [1.82, 2.24) is 9.62 Å². The van der Waals surface area contributed by atoms with Gasteiger partial charge in [-0.25, -0.2) is 13.1 Å². The molecule has 126 valence electrons. The summed E-state index contributed by atoms with van der Waals surface area (Å²) in [6, 6.07) is 5.60. The van der Waals surface area contributed by atoms with E-state index in [4.69, 9.17) is 4.74 Å². The van der Waals surface area contributed by atoms with Crippen molar-refractivity contribution in [2.24, 2.45) is 0 Å². The maximum atomic E-state index is 12.5. The summed E-state index contributed by atoms with van der Waals surface area (Å²) in [5, 5.41) is 4.11. The van der Waals surface area contributed by atoms with Crippen LogP contribution < -0.4 is 4.72 Å². The highest BCUT2D eigenvalue weighted by molar-refractivity contribution is 7.91. The van der Waals surface area contributed by atoms with Crippen LogP contribution in [-0.2, 0) is 14.8 Å². The highest BCUT2D eigenvalue weighted by atomic mass is 32.2. The van der Waals surface area contributed by atoms with E-state index in [0.29, 0.717) is 24.0 Å². The molecular weight excluding hydrogens is 352 g/mol. The summed E-state index contributed by atoms with van der Waals surface area (Å²) in [7, 11) is -3.45. The van der Waals surface area contributed by atoms with Gasteiger partial charge in [0.05, 0.1) is 13.2 Å². The second-order valence-corrected chi connectivity index (χ2v) is 9.50. The lowest BCUT2D eigenvalue weighted by Crippen LogP contribution is -2.43. The molecule has 2 aromatic heterocycles. The number of hydrogen-bond donors (Lipinski definition) is 1. The molecule has 1 aliphatic heterocycles. The van der Waals surface area contributed by atoms with E-state index in [0.717, 1.165) is 23.5 Å². The number of thiophene rings is 2. The van der Waals surface area contributed by atoms with Crippen LogP contribution >= 0.6 is 22.7 Å². The summed E-state index contributed by atoms with van der Waals surface area (Å²) < 4.78 is 33.5. The molecule has 8 heteroatoms. The van der Waals surface area contributed by atoms with Gasteiger partial charge in [-0.3, -0.25) is 4.90 Å². The van der Waals surface area contributed by atoms with E-state index >= 15 is 0 Å². The van der Waals surface area contributed by atoms with Crippen molar-refractivity contribution in [2.75, 3.05) is 32.8 Å². The number of sulfonamides is 1. The van der Waals surface area contributed by atoms with Crippen LogP contribution in [0.25, 0.3) is 0 Å². The van der Waals surface area contributed by atoms with E-state index in [9.17, 15) is 8.42 Å². The predicted molar refractivity (Wildman–Crippen MR) is 93.7 cm³/mol. The van der Waals surface area contributed by atoms with Gasteiger partial charge in [-0.1, -0.05) is 0 Å². The van der Waals surface area contributed by atoms with Gasteiger partial charge in [0.25, 0.3) is 0 Å². The smallest absolute Gasteiger partial charge is 0.250 e. The monoisotopic (exact) mass is 372 g/mol. The zero-order valence-corrected chi connectivity index (χ0v) is 15.3. The van der Waals surface area contributed by atoms with Gasteiger partial charge in [0.2, 0.25) is 10.0 Å². The maximum absolute atomic E-state index is 12.5. The van der Waals surface area contributed by atoms with Crippen LogP contribution in [0.4, 0.5) is 0 Å². The van der Waals surface area contributed by atoms with Crippen LogP contribution in [0, 0.1) is 6.92 Å². The third kappa shape index (κ3) is 4.20. The minimum atomic E-state index is -3.45. The molecule has 3 heterocycles. The van der Waals surface area contributed by atoms with Crippen LogP contribution in [0.3, 0.4) is 0 Å². The van der Waals surface area contributed by atoms with Gasteiger partial charge >= 0.3 is 0 Å². The third-order valence-electron chi connectivity index (χ3n) is 3.86. The van der Waals surface area contributed by atoms with Crippen molar-refractivity contribution >= 4 is 32.7 Å². The number of ether oxygens (including phenoxy) is 1. The van der Waals surface area contributed by atoms with Crippen LogP contribution in [-0.4, -0.2) is 46.2 Å². The number of rotatable bonds is 6. The first-order chi connectivity index (χ1) is 11.1. The van der Waals surface area contributed by atoms with Gasteiger partial charge in [-0.2, -0.15) is 11.3 Å². The Balaban J connectivity index is 1.73. The molecule has 1 fully saturated rings. The van der Waals surface area contributed by atoms with Crippen LogP contribution in [0.2, 0.25) is 0 Å². The van der Waals surface area contributed by atoms with E-state index < -0.39 is 10.0 Å². The van der Waals surface area contributed by atoms with Crippen LogP contribution in [0.1, 0.15) is 16.5 Å². The minimum Gasteiger partial charge on any atom is -0.379 e. The zero-order chi connectivity index (χ0) is 16.3. The summed E-state index contributed by atoms with van der Waals surface area (Å²) in [5.41, 5.74) is 1.15. The Morgan fingerprint density at radius 2 is 2.09 bits per heavy atom. The maximum Gasteiger partial charge on any atom is 0.250 e. The molecule has 3 rings (SSSR count). The van der Waals surface area contributed by atoms with Gasteiger partial charge in [-0.15, -0.1) is 11.3 Å². The zero-order valence-electron chi connectivity index (χ0n) is 12.9. The molecule has 0 bridgehead atoms. The topological polar surface area (TPSA) is 58.6 Å². The SMILES string of the molecule is Cc1ccc(S(=O)(=O)NCC(c2ccsc2)N2CCOCC2)s1. The molecule has 2 aromatic rings. The van der Waals surface area contributed by atoms with E-state index in [1.807, 2.05) is 18.4 Å². The molecule has 1 saturated heterocycles. The third-order valence-corrected chi connectivity index (χ3v) is 7.48. The fourth-order valence-electron chi connectivity index (χ4n) is 2.63. The van der Waals surface area contributed by atoms with Gasteiger partial charge < -0.3 is 4.74 Å². The normalized spacial score (nSPS) is 18.1. The number of nitrogens with zero attached hydrogens (tertiary/aromatic N) is 1. The summed E-state index contributed by atoms with van der Waals surface area (Å²) in [5.74, 6) is 0. The van der Waals surface area contributed by atoms with E-state index in [1.54, 1.807) is 17.4 Å². The molecule has 0 spiro atoms. The molecule has 0 saturated carbocycles. The fraction of sp³-hybridized carbons (Fsp3) is 0.467. The minimum absolute atomic E-state index is 0.0426. The van der Waals surface area contributed by atoms with E-state index in [2.05, 4.69) is 21.1 Å². The Kier molecular flexibility index (Phi) is 5.50.